The van der Waals surface area contributed by atoms with Crippen LogP contribution >= 0.6 is 0 Å². The number of amides is 2. The highest BCUT2D eigenvalue weighted by Gasteiger charge is 2.21. The van der Waals surface area contributed by atoms with Gasteiger partial charge in [-0.05, 0) is 41.8 Å². The molecule has 6 rings (SSSR count). The maximum Gasteiger partial charge on any atom is 0.323 e. The smallest absolute Gasteiger partial charge is 0.323 e. The highest BCUT2D eigenvalue weighted by molar-refractivity contribution is 6.32. The van der Waals surface area contributed by atoms with E-state index in [4.69, 9.17) is 4.42 Å². The molecule has 8 heteroatoms. The number of nitrogens with one attached hydrogen (secondary N) is 3. The number of carbonyl (C=O) groups excluding carboxylic acids is 1. The predicted octanol–water partition coefficient (Wildman–Crippen LogP) is 6.11. The second-order valence-corrected chi connectivity index (χ2v) is 9.76. The van der Waals surface area contributed by atoms with Gasteiger partial charge in [-0.3, -0.25) is 0 Å². The summed E-state index contributed by atoms with van der Waals surface area (Å²) in [5, 5.41) is 10.1. The molecular weight excluding hydrogens is 509 g/mol. The zero-order valence-electron chi connectivity index (χ0n) is 22.6. The lowest BCUT2D eigenvalue weighted by molar-refractivity contribution is 0.262. The monoisotopic (exact) mass is 537 g/mol. The number of carbonyl (C=O) groups is 1. The number of urea groups is 1. The molecule has 7 nitrogen and oxygen atoms in total. The Morgan fingerprint density at radius 2 is 1.46 bits per heavy atom. The first-order valence-electron chi connectivity index (χ1n) is 13.5. The molecule has 2 amide bonds. The lowest BCUT2D eigenvalue weighted by Gasteiger charge is -2.10. The number of rotatable bonds is 8. The summed E-state index contributed by atoms with van der Waals surface area (Å²) < 4.78 is 6.30. The average molecular weight is 537 g/mol. The van der Waals surface area contributed by atoms with Crippen LogP contribution < -0.4 is 21.4 Å². The first-order chi connectivity index (χ1) is 20.1. The molecule has 2 heterocycles. The quantitative estimate of drug-likeness (QED) is 0.204. The van der Waals surface area contributed by atoms with Gasteiger partial charge in [0.25, 0.3) is 0 Å². The summed E-state index contributed by atoms with van der Waals surface area (Å²) in [4.78, 5) is 21.4. The Labute approximate surface area is 239 Å². The van der Waals surface area contributed by atoms with Crippen molar-refractivity contribution in [2.45, 2.75) is 6.42 Å². The third-order valence-corrected chi connectivity index (χ3v) is 6.78. The molecule has 0 saturated carbocycles. The maximum atomic E-state index is 12.4. The number of anilines is 3. The van der Waals surface area contributed by atoms with E-state index in [0.29, 0.717) is 12.3 Å². The first kappa shape index (κ1) is 25.9. The van der Waals surface area contributed by atoms with E-state index >= 15 is 0 Å². The Bertz CT molecular complexity index is 1790. The molecular formula is C33H28BN5O2. The van der Waals surface area contributed by atoms with Crippen LogP contribution in [-0.2, 0) is 6.42 Å². The number of benzene rings is 4. The van der Waals surface area contributed by atoms with Crippen LogP contribution in [0.3, 0.4) is 0 Å². The molecule has 0 unspecified atom stereocenters. The summed E-state index contributed by atoms with van der Waals surface area (Å²) in [7, 11) is 1.99. The van der Waals surface area contributed by atoms with Gasteiger partial charge in [-0.15, -0.1) is 0 Å². The number of hydrogen-bond acceptors (Lipinski definition) is 5. The van der Waals surface area contributed by atoms with Crippen LogP contribution in [-0.4, -0.2) is 30.4 Å². The van der Waals surface area contributed by atoms with E-state index < -0.39 is 0 Å². The molecule has 0 aliphatic carbocycles. The van der Waals surface area contributed by atoms with Gasteiger partial charge in [0.05, 0.1) is 5.39 Å². The van der Waals surface area contributed by atoms with Gasteiger partial charge in [0.1, 0.15) is 25.8 Å². The van der Waals surface area contributed by atoms with E-state index in [1.54, 1.807) is 0 Å². The first-order valence-corrected chi connectivity index (χ1v) is 13.5. The molecule has 0 radical (unpaired) electrons. The normalized spacial score (nSPS) is 10.8. The fraction of sp³-hybridized carbons (Fsp3) is 0.0606. The highest BCUT2D eigenvalue weighted by Crippen LogP contribution is 2.42. The molecule has 41 heavy (non-hydrogen) atoms. The molecule has 6 aromatic rings. The van der Waals surface area contributed by atoms with Crippen LogP contribution in [0.1, 0.15) is 5.56 Å². The number of hydrogen-bond donors (Lipinski definition) is 3. The molecule has 0 fully saturated rings. The molecule has 3 N–H and O–H groups in total. The largest absolute Gasteiger partial charge is 0.437 e. The fourth-order valence-electron chi connectivity index (χ4n) is 4.84. The minimum absolute atomic E-state index is 0.276. The summed E-state index contributed by atoms with van der Waals surface area (Å²) in [5.41, 5.74) is 7.23. The molecule has 2 aromatic heterocycles. The van der Waals surface area contributed by atoms with Crippen LogP contribution in [0.25, 0.3) is 33.6 Å². The molecule has 0 atom stereocenters. The van der Waals surface area contributed by atoms with Crippen molar-refractivity contribution in [3.05, 3.63) is 121 Å². The van der Waals surface area contributed by atoms with E-state index in [-0.39, 0.29) is 6.03 Å². The second-order valence-electron chi connectivity index (χ2n) is 9.76. The maximum absolute atomic E-state index is 12.4. The van der Waals surface area contributed by atoms with Crippen LogP contribution in [0.5, 0.6) is 0 Å². The van der Waals surface area contributed by atoms with Crippen LogP contribution in [0, 0.1) is 0 Å². The van der Waals surface area contributed by atoms with Crippen molar-refractivity contribution in [1.29, 1.82) is 0 Å². The van der Waals surface area contributed by atoms with Crippen LogP contribution in [0.4, 0.5) is 22.0 Å². The average Bonchev–Trinajstić information content (AvgIpc) is 3.40. The number of fused-ring (bicyclic) bond motifs is 1. The topological polar surface area (TPSA) is 92.1 Å². The summed E-state index contributed by atoms with van der Waals surface area (Å²) in [5.74, 6) is 1.50. The van der Waals surface area contributed by atoms with E-state index in [1.165, 1.54) is 6.33 Å². The van der Waals surface area contributed by atoms with Crippen molar-refractivity contribution >= 4 is 47.6 Å². The molecule has 200 valence electrons. The van der Waals surface area contributed by atoms with E-state index in [2.05, 4.69) is 38.1 Å². The van der Waals surface area contributed by atoms with Gasteiger partial charge >= 0.3 is 6.03 Å². The predicted molar refractivity (Wildman–Crippen MR) is 169 cm³/mol. The highest BCUT2D eigenvalue weighted by atomic mass is 16.3. The van der Waals surface area contributed by atoms with E-state index in [0.717, 1.165) is 62.5 Å². The molecule has 4 aromatic carbocycles. The molecule has 0 aliphatic rings. The Hall–Kier alpha value is -5.37. The number of furan rings is 1. The minimum Gasteiger partial charge on any atom is -0.437 e. The molecule has 0 saturated heterocycles. The van der Waals surface area contributed by atoms with Gasteiger partial charge in [0, 0.05) is 29.0 Å². The van der Waals surface area contributed by atoms with Crippen LogP contribution in [0.2, 0.25) is 0 Å². The third-order valence-electron chi connectivity index (χ3n) is 6.78. The zero-order valence-corrected chi connectivity index (χ0v) is 22.6. The third kappa shape index (κ3) is 5.97. The molecule has 0 bridgehead atoms. The number of nitrogens with zero attached hydrogens (tertiary/aromatic N) is 2. The van der Waals surface area contributed by atoms with Gasteiger partial charge in [0.15, 0.2) is 0 Å². The molecule has 0 spiro atoms. The van der Waals surface area contributed by atoms with Gasteiger partial charge in [-0.25, -0.2) is 14.8 Å². The Morgan fingerprint density at radius 3 is 2.20 bits per heavy atom. The Morgan fingerprint density at radius 1 is 0.756 bits per heavy atom. The lowest BCUT2D eigenvalue weighted by atomic mass is 9.96. The van der Waals surface area contributed by atoms with Gasteiger partial charge < -0.3 is 20.4 Å². The fourth-order valence-corrected chi connectivity index (χ4v) is 4.84. The summed E-state index contributed by atoms with van der Waals surface area (Å²) in [6.07, 6.45) is 2.30. The second kappa shape index (κ2) is 11.8. The van der Waals surface area contributed by atoms with Crippen molar-refractivity contribution < 1.29 is 9.21 Å². The summed E-state index contributed by atoms with van der Waals surface area (Å²) >= 11 is 0. The Balaban J connectivity index is 1.17. The van der Waals surface area contributed by atoms with Crippen molar-refractivity contribution in [3.8, 4) is 22.5 Å². The lowest BCUT2D eigenvalue weighted by Crippen LogP contribution is -2.20. The zero-order chi connectivity index (χ0) is 28.0. The standard InChI is InChI=1S/C33H28BN5O2/c34-25-12-7-13-27(20-25)39-33(40)38-26-16-14-22(15-17-26)18-19-35-31-29-28(23-8-3-1-4-9-23)30(24-10-5-2-6-11-24)41-32(29)37-21-36-31/h1-17,20-21H,18-19,34H2,(H,35,36,37)(H2,38,39,40). The SMILES string of the molecule is Bc1cccc(NC(=O)Nc2ccc(CCNc3ncnc4oc(-c5ccccc5)c(-c5ccccc5)c34)cc2)c1. The van der Waals surface area contributed by atoms with Crippen molar-refractivity contribution in [2.75, 3.05) is 22.5 Å². The Kier molecular flexibility index (Phi) is 7.45. The van der Waals surface area contributed by atoms with Crippen LogP contribution in [0.15, 0.2) is 120 Å². The summed E-state index contributed by atoms with van der Waals surface area (Å²) in [6.45, 7) is 0.660. The van der Waals surface area contributed by atoms with Gasteiger partial charge in [0.2, 0.25) is 5.71 Å². The van der Waals surface area contributed by atoms with Gasteiger partial charge in [-0.2, -0.15) is 0 Å². The van der Waals surface area contributed by atoms with E-state index in [9.17, 15) is 4.79 Å². The van der Waals surface area contributed by atoms with Crippen molar-refractivity contribution in [1.82, 2.24) is 9.97 Å². The van der Waals surface area contributed by atoms with Crippen molar-refractivity contribution in [2.24, 2.45) is 0 Å². The minimum atomic E-state index is -0.276. The van der Waals surface area contributed by atoms with E-state index in [1.807, 2.05) is 105 Å². The van der Waals surface area contributed by atoms with Crippen molar-refractivity contribution in [3.63, 3.8) is 0 Å². The summed E-state index contributed by atoms with van der Waals surface area (Å²) in [6, 6.07) is 35.5. The number of aromatic nitrogens is 2. The molecule has 0 aliphatic heterocycles. The van der Waals surface area contributed by atoms with Gasteiger partial charge in [-0.1, -0.05) is 90.4 Å².